The highest BCUT2D eigenvalue weighted by atomic mass is 35.5. The average Bonchev–Trinajstić information content (AvgIpc) is 3.70. The van der Waals surface area contributed by atoms with Crippen LogP contribution < -0.4 is 0 Å². The zero-order valence-electron chi connectivity index (χ0n) is 21.7. The van der Waals surface area contributed by atoms with Crippen LogP contribution >= 0.6 is 34.3 Å². The topological polar surface area (TPSA) is 62.7 Å². The predicted octanol–water partition coefficient (Wildman–Crippen LogP) is 11.0. The van der Waals surface area contributed by atoms with E-state index in [1.54, 1.807) is 11.3 Å². The normalized spacial score (nSPS) is 11.9. The van der Waals surface area contributed by atoms with Crippen LogP contribution in [0.1, 0.15) is 5.69 Å². The third-order valence-corrected chi connectivity index (χ3v) is 10.3. The first-order chi connectivity index (χ1) is 20.6. The molecule has 0 radical (unpaired) electrons. The summed E-state index contributed by atoms with van der Waals surface area (Å²) in [4.78, 5) is 8.30. The Hall–Kier alpha value is -4.80. The summed E-state index contributed by atoms with van der Waals surface area (Å²) in [5, 5.41) is 15.5. The summed E-state index contributed by atoms with van der Waals surface area (Å²) in [5.74, 6) is 0. The van der Waals surface area contributed by atoms with E-state index in [-0.39, 0.29) is 11.0 Å². The van der Waals surface area contributed by atoms with E-state index in [2.05, 4.69) is 101 Å². The van der Waals surface area contributed by atoms with Crippen molar-refractivity contribution in [2.24, 2.45) is 0 Å². The van der Waals surface area contributed by atoms with Gasteiger partial charge in [0, 0.05) is 45.7 Å². The molecule has 4 aromatic heterocycles. The molecule has 4 nitrogen and oxygen atoms in total. The van der Waals surface area contributed by atoms with Gasteiger partial charge in [-0.1, -0.05) is 54.6 Å². The second-order valence-electron chi connectivity index (χ2n) is 10.3. The molecule has 0 spiro atoms. The fourth-order valence-electron chi connectivity index (χ4n) is 5.91. The van der Waals surface area contributed by atoms with Crippen molar-refractivity contribution in [2.75, 3.05) is 0 Å². The van der Waals surface area contributed by atoms with E-state index in [1.807, 2.05) is 23.5 Å². The van der Waals surface area contributed by atoms with Gasteiger partial charge >= 0.3 is 0 Å². The van der Waals surface area contributed by atoms with E-state index in [9.17, 15) is 5.26 Å². The molecule has 0 saturated heterocycles. The molecule has 0 aliphatic heterocycles. The van der Waals surface area contributed by atoms with E-state index >= 15 is 0 Å². The summed E-state index contributed by atoms with van der Waals surface area (Å²) in [6.07, 6.45) is 0. The third-order valence-electron chi connectivity index (χ3n) is 7.91. The highest BCUT2D eigenvalue weighted by Crippen LogP contribution is 2.41. The van der Waals surface area contributed by atoms with Gasteiger partial charge in [0.15, 0.2) is 11.3 Å². The van der Waals surface area contributed by atoms with E-state index in [0.717, 1.165) is 16.5 Å². The molecule has 42 heavy (non-hydrogen) atoms. The summed E-state index contributed by atoms with van der Waals surface area (Å²) in [5.41, 5.74) is 6.27. The third kappa shape index (κ3) is 3.52. The van der Waals surface area contributed by atoms with E-state index in [1.165, 1.54) is 51.5 Å². The highest BCUT2D eigenvalue weighted by molar-refractivity contribution is 7.26. The molecule has 9 aromatic rings. The smallest absolute Gasteiger partial charge is 0.224 e. The first-order valence-corrected chi connectivity index (χ1v) is 15.3. The predicted molar refractivity (Wildman–Crippen MR) is 176 cm³/mol. The molecule has 196 valence electrons. The van der Waals surface area contributed by atoms with Gasteiger partial charge in [-0.25, -0.2) is 9.97 Å². The quantitative estimate of drug-likeness (QED) is 0.187. The SMILES string of the molecule is N#Cc1nc(Cl)nc2c1oc1cc(-c3ccc4c(c3)sc3ccc(-c5ccc6c(c5)sc5ccccc56)cc34)ccc12. The lowest BCUT2D eigenvalue weighted by atomic mass is 10.00. The molecule has 9 rings (SSSR count). The van der Waals surface area contributed by atoms with E-state index in [0.29, 0.717) is 16.7 Å². The minimum atomic E-state index is 0.0323. The van der Waals surface area contributed by atoms with Crippen LogP contribution in [0.2, 0.25) is 5.28 Å². The van der Waals surface area contributed by atoms with Gasteiger partial charge in [0.25, 0.3) is 0 Å². The van der Waals surface area contributed by atoms with Gasteiger partial charge in [-0.15, -0.1) is 22.7 Å². The number of furan rings is 1. The Kier molecular flexibility index (Phi) is 5.03. The number of halogens is 1. The fraction of sp³-hybridized carbons (Fsp3) is 0. The Bertz CT molecular complexity index is 2620. The molecule has 0 fully saturated rings. The lowest BCUT2D eigenvalue weighted by Gasteiger charge is -2.04. The molecule has 0 atom stereocenters. The van der Waals surface area contributed by atoms with Gasteiger partial charge in [0.2, 0.25) is 5.28 Å². The summed E-state index contributed by atoms with van der Waals surface area (Å²) < 4.78 is 11.2. The van der Waals surface area contributed by atoms with E-state index in [4.69, 9.17) is 16.0 Å². The molecule has 0 amide bonds. The molecule has 5 aromatic carbocycles. The molecule has 0 bridgehead atoms. The van der Waals surface area contributed by atoms with Gasteiger partial charge in [-0.3, -0.25) is 0 Å². The lowest BCUT2D eigenvalue weighted by Crippen LogP contribution is -1.87. The second-order valence-corrected chi connectivity index (χ2v) is 12.8. The summed E-state index contributed by atoms with van der Waals surface area (Å²) in [6, 6.07) is 36.9. The van der Waals surface area contributed by atoms with Crippen molar-refractivity contribution >= 4 is 96.7 Å². The monoisotopic (exact) mass is 593 g/mol. The Balaban J connectivity index is 1.13. The van der Waals surface area contributed by atoms with Crippen LogP contribution in [0.25, 0.3) is 84.7 Å². The van der Waals surface area contributed by atoms with Crippen LogP contribution in [-0.2, 0) is 0 Å². The molecule has 0 N–H and O–H groups in total. The molecule has 4 heterocycles. The maximum atomic E-state index is 9.47. The van der Waals surface area contributed by atoms with Crippen molar-refractivity contribution in [1.29, 1.82) is 5.26 Å². The molecule has 0 aliphatic carbocycles. The van der Waals surface area contributed by atoms with Crippen molar-refractivity contribution in [1.82, 2.24) is 9.97 Å². The average molecular weight is 594 g/mol. The van der Waals surface area contributed by atoms with Gasteiger partial charge in [0.1, 0.15) is 17.2 Å². The van der Waals surface area contributed by atoms with Crippen molar-refractivity contribution in [3.63, 3.8) is 0 Å². The van der Waals surface area contributed by atoms with Gasteiger partial charge in [-0.2, -0.15) is 5.26 Å². The first kappa shape index (κ1) is 23.9. The van der Waals surface area contributed by atoms with Crippen LogP contribution in [0.5, 0.6) is 0 Å². The van der Waals surface area contributed by atoms with Crippen LogP contribution in [-0.4, -0.2) is 9.97 Å². The molecular formula is C35H16ClN3OS2. The number of aromatic nitrogens is 2. The van der Waals surface area contributed by atoms with Gasteiger partial charge in [-0.05, 0) is 76.3 Å². The maximum absolute atomic E-state index is 9.47. The Morgan fingerprint density at radius 3 is 1.95 bits per heavy atom. The number of benzene rings is 5. The number of rotatable bonds is 2. The standard InChI is InChI=1S/C35H16ClN3OS2/c36-35-38-27(17-37)34-33(39-35)25-11-7-19(14-28(25)40-34)21-6-10-24-26-13-18(8-12-30(26)42-32(24)16-21)20-5-9-23-22-3-1-2-4-29(22)41-31(23)15-20/h1-16H. The lowest BCUT2D eigenvalue weighted by molar-refractivity contribution is 0.664. The number of nitriles is 1. The Morgan fingerprint density at radius 1 is 0.595 bits per heavy atom. The van der Waals surface area contributed by atoms with Crippen LogP contribution in [0, 0.1) is 11.3 Å². The van der Waals surface area contributed by atoms with Crippen LogP contribution in [0.3, 0.4) is 0 Å². The minimum absolute atomic E-state index is 0.0323. The number of nitrogens with zero attached hydrogens (tertiary/aromatic N) is 3. The molecule has 0 aliphatic rings. The first-order valence-electron chi connectivity index (χ1n) is 13.3. The summed E-state index contributed by atoms with van der Waals surface area (Å²) in [6.45, 7) is 0. The van der Waals surface area contributed by atoms with Gasteiger partial charge < -0.3 is 4.42 Å². The Morgan fingerprint density at radius 2 is 1.19 bits per heavy atom. The molecule has 7 heteroatoms. The van der Waals surface area contributed by atoms with Crippen molar-refractivity contribution in [3.8, 4) is 28.3 Å². The van der Waals surface area contributed by atoms with Gasteiger partial charge in [0.05, 0.1) is 0 Å². The molecular weight excluding hydrogens is 578 g/mol. The van der Waals surface area contributed by atoms with Crippen molar-refractivity contribution < 1.29 is 4.42 Å². The molecule has 0 saturated carbocycles. The van der Waals surface area contributed by atoms with E-state index < -0.39 is 0 Å². The maximum Gasteiger partial charge on any atom is 0.224 e. The zero-order valence-corrected chi connectivity index (χ0v) is 24.1. The zero-order chi connectivity index (χ0) is 27.9. The number of hydrogen-bond acceptors (Lipinski definition) is 6. The van der Waals surface area contributed by atoms with Crippen molar-refractivity contribution in [2.45, 2.75) is 0 Å². The molecule has 0 unspecified atom stereocenters. The second kappa shape index (κ2) is 8.85. The highest BCUT2D eigenvalue weighted by Gasteiger charge is 2.16. The summed E-state index contributed by atoms with van der Waals surface area (Å²) >= 11 is 9.70. The number of hydrogen-bond donors (Lipinski definition) is 0. The van der Waals surface area contributed by atoms with Crippen LogP contribution in [0.15, 0.2) is 101 Å². The largest absolute Gasteiger partial charge is 0.451 e. The number of thiophene rings is 2. The number of fused-ring (bicyclic) bond motifs is 9. The van der Waals surface area contributed by atoms with Crippen molar-refractivity contribution in [3.05, 3.63) is 108 Å². The summed E-state index contributed by atoms with van der Waals surface area (Å²) in [7, 11) is 0. The fourth-order valence-corrected chi connectivity index (χ4v) is 8.35. The minimum Gasteiger partial charge on any atom is -0.451 e. The van der Waals surface area contributed by atoms with Crippen LogP contribution in [0.4, 0.5) is 0 Å². The Labute approximate surface area is 251 Å².